The molecule has 0 aromatic heterocycles. The number of nitrogens with one attached hydrogen (secondary N) is 1. The van der Waals surface area contributed by atoms with Crippen molar-refractivity contribution < 1.29 is 29.3 Å². The highest BCUT2D eigenvalue weighted by Crippen LogP contribution is 2.23. The first-order valence-electron chi connectivity index (χ1n) is 6.70. The molecule has 0 saturated carbocycles. The number of methoxy groups -OCH3 is 1. The number of benzene rings is 1. The summed E-state index contributed by atoms with van der Waals surface area (Å²) in [6.07, 6.45) is -2.19. The maximum atomic E-state index is 11.8. The van der Waals surface area contributed by atoms with Crippen molar-refractivity contribution in [2.24, 2.45) is 0 Å². The summed E-state index contributed by atoms with van der Waals surface area (Å²) in [5.74, 6) is -0.853. The zero-order valence-electron chi connectivity index (χ0n) is 13.0. The average molecular weight is 311 g/mol. The number of esters is 1. The number of anilines is 1. The van der Waals surface area contributed by atoms with Gasteiger partial charge in [0.15, 0.2) is 6.10 Å². The normalized spacial score (nSPS) is 12.4. The largest absolute Gasteiger partial charge is 0.508 e. The molecule has 1 amide bonds. The van der Waals surface area contributed by atoms with Crippen molar-refractivity contribution in [2.45, 2.75) is 38.9 Å². The summed E-state index contributed by atoms with van der Waals surface area (Å²) in [5, 5.41) is 21.8. The van der Waals surface area contributed by atoms with E-state index in [1.807, 2.05) is 0 Å². The van der Waals surface area contributed by atoms with Crippen LogP contribution in [0.15, 0.2) is 18.2 Å². The molecule has 0 radical (unpaired) electrons. The molecule has 0 aliphatic heterocycles. The standard InChI is InChI=1S/C15H21NO6/c1-15(2,3)22-14(20)16-11-6-5-10(17)7-9(11)8-12(18)13(19)21-4/h5-7,12,17-18H,8H2,1-4H3,(H,16,20). The van der Waals surface area contributed by atoms with Crippen molar-refractivity contribution in [3.05, 3.63) is 23.8 Å². The van der Waals surface area contributed by atoms with Gasteiger partial charge in [-0.1, -0.05) is 0 Å². The van der Waals surface area contributed by atoms with Crippen LogP contribution < -0.4 is 5.32 Å². The van der Waals surface area contributed by atoms with E-state index in [4.69, 9.17) is 4.74 Å². The second-order valence-electron chi connectivity index (χ2n) is 5.71. The highest BCUT2D eigenvalue weighted by molar-refractivity contribution is 5.86. The number of aliphatic hydroxyl groups is 1. The first-order chi connectivity index (χ1) is 10.1. The highest BCUT2D eigenvalue weighted by Gasteiger charge is 2.21. The van der Waals surface area contributed by atoms with Gasteiger partial charge in [-0.2, -0.15) is 0 Å². The topological polar surface area (TPSA) is 105 Å². The van der Waals surface area contributed by atoms with Gasteiger partial charge in [0.1, 0.15) is 11.4 Å². The zero-order valence-corrected chi connectivity index (χ0v) is 13.0. The smallest absolute Gasteiger partial charge is 0.412 e. The third-order valence-electron chi connectivity index (χ3n) is 2.61. The number of amides is 1. The van der Waals surface area contributed by atoms with E-state index in [1.165, 1.54) is 18.2 Å². The van der Waals surface area contributed by atoms with E-state index in [0.717, 1.165) is 7.11 Å². The SMILES string of the molecule is COC(=O)C(O)Cc1cc(O)ccc1NC(=O)OC(C)(C)C. The van der Waals surface area contributed by atoms with E-state index in [2.05, 4.69) is 10.1 Å². The lowest BCUT2D eigenvalue weighted by molar-refractivity contribution is -0.150. The van der Waals surface area contributed by atoms with Crippen LogP contribution >= 0.6 is 0 Å². The Balaban J connectivity index is 2.91. The van der Waals surface area contributed by atoms with Gasteiger partial charge in [0, 0.05) is 12.1 Å². The van der Waals surface area contributed by atoms with E-state index >= 15 is 0 Å². The lowest BCUT2D eigenvalue weighted by Gasteiger charge is -2.21. The molecule has 3 N–H and O–H groups in total. The fraction of sp³-hybridized carbons (Fsp3) is 0.467. The van der Waals surface area contributed by atoms with Crippen LogP contribution in [0.1, 0.15) is 26.3 Å². The lowest BCUT2D eigenvalue weighted by Crippen LogP contribution is -2.28. The zero-order chi connectivity index (χ0) is 16.9. The molecule has 0 heterocycles. The number of rotatable bonds is 4. The van der Waals surface area contributed by atoms with Crippen molar-refractivity contribution in [3.63, 3.8) is 0 Å². The van der Waals surface area contributed by atoms with Gasteiger partial charge in [-0.15, -0.1) is 0 Å². The predicted molar refractivity (Wildman–Crippen MR) is 79.7 cm³/mol. The van der Waals surface area contributed by atoms with E-state index < -0.39 is 23.8 Å². The minimum absolute atomic E-state index is 0.0539. The lowest BCUT2D eigenvalue weighted by atomic mass is 10.1. The van der Waals surface area contributed by atoms with Crippen LogP contribution in [0.3, 0.4) is 0 Å². The number of phenolic OH excluding ortho intramolecular Hbond substituents is 1. The summed E-state index contributed by atoms with van der Waals surface area (Å²) >= 11 is 0. The minimum Gasteiger partial charge on any atom is -0.508 e. The van der Waals surface area contributed by atoms with Gasteiger partial charge in [0.05, 0.1) is 7.11 Å². The van der Waals surface area contributed by atoms with Gasteiger partial charge < -0.3 is 19.7 Å². The maximum Gasteiger partial charge on any atom is 0.412 e. The van der Waals surface area contributed by atoms with Gasteiger partial charge in [0.25, 0.3) is 0 Å². The fourth-order valence-corrected chi connectivity index (χ4v) is 1.71. The number of carbonyl (C=O) groups excluding carboxylic acids is 2. The van der Waals surface area contributed by atoms with Gasteiger partial charge in [-0.3, -0.25) is 5.32 Å². The summed E-state index contributed by atoms with van der Waals surface area (Å²) in [6.45, 7) is 5.18. The fourth-order valence-electron chi connectivity index (χ4n) is 1.71. The Kier molecular flexibility index (Phi) is 5.76. The number of aromatic hydroxyl groups is 1. The molecule has 7 nitrogen and oxygen atoms in total. The Morgan fingerprint density at radius 1 is 1.32 bits per heavy atom. The third-order valence-corrected chi connectivity index (χ3v) is 2.61. The molecule has 7 heteroatoms. The van der Waals surface area contributed by atoms with Crippen LogP contribution in [0, 0.1) is 0 Å². The molecule has 22 heavy (non-hydrogen) atoms. The van der Waals surface area contributed by atoms with Gasteiger partial charge in [0.2, 0.25) is 0 Å². The van der Waals surface area contributed by atoms with Gasteiger partial charge >= 0.3 is 12.1 Å². The Hall–Kier alpha value is -2.28. The molecule has 0 spiro atoms. The Morgan fingerprint density at radius 3 is 2.50 bits per heavy atom. The molecular weight excluding hydrogens is 290 g/mol. The Bertz CT molecular complexity index is 549. The molecule has 1 rings (SSSR count). The number of carbonyl (C=O) groups is 2. The molecule has 0 bridgehead atoms. The molecular formula is C15H21NO6. The summed E-state index contributed by atoms with van der Waals surface area (Å²) in [4.78, 5) is 23.1. The highest BCUT2D eigenvalue weighted by atomic mass is 16.6. The third kappa shape index (κ3) is 5.61. The molecule has 1 aromatic carbocycles. The predicted octanol–water partition coefficient (Wildman–Crippen LogP) is 1.82. The van der Waals surface area contributed by atoms with E-state index in [9.17, 15) is 19.8 Å². The van der Waals surface area contributed by atoms with Crippen molar-refractivity contribution in [3.8, 4) is 5.75 Å². The molecule has 1 unspecified atom stereocenters. The Labute approximate surface area is 128 Å². The quantitative estimate of drug-likeness (QED) is 0.578. The van der Waals surface area contributed by atoms with Crippen molar-refractivity contribution in [2.75, 3.05) is 12.4 Å². The monoisotopic (exact) mass is 311 g/mol. The summed E-state index contributed by atoms with van der Waals surface area (Å²) in [5.41, 5.74) is 0.0472. The molecule has 1 atom stereocenters. The van der Waals surface area contributed by atoms with Gasteiger partial charge in [-0.25, -0.2) is 9.59 Å². The summed E-state index contributed by atoms with van der Waals surface area (Å²) < 4.78 is 9.57. The van der Waals surface area contributed by atoms with Crippen molar-refractivity contribution in [1.82, 2.24) is 0 Å². The van der Waals surface area contributed by atoms with Crippen LogP contribution in [0.5, 0.6) is 5.75 Å². The Morgan fingerprint density at radius 2 is 1.95 bits per heavy atom. The first kappa shape index (κ1) is 17.8. The number of ether oxygens (including phenoxy) is 2. The second kappa shape index (κ2) is 7.13. The van der Waals surface area contributed by atoms with Crippen LogP contribution in [0.2, 0.25) is 0 Å². The summed E-state index contributed by atoms with van der Waals surface area (Å²) in [7, 11) is 1.16. The maximum absolute atomic E-state index is 11.8. The van der Waals surface area contributed by atoms with E-state index in [0.29, 0.717) is 11.3 Å². The van der Waals surface area contributed by atoms with Crippen LogP contribution in [-0.4, -0.2) is 41.1 Å². The van der Waals surface area contributed by atoms with Crippen LogP contribution in [0.25, 0.3) is 0 Å². The molecule has 0 aliphatic rings. The molecule has 0 aliphatic carbocycles. The second-order valence-corrected chi connectivity index (χ2v) is 5.71. The number of aliphatic hydroxyl groups excluding tert-OH is 1. The van der Waals surface area contributed by atoms with Crippen molar-refractivity contribution >= 4 is 17.7 Å². The minimum atomic E-state index is -1.40. The number of hydrogen-bond donors (Lipinski definition) is 3. The van der Waals surface area contributed by atoms with E-state index in [-0.39, 0.29) is 12.2 Å². The van der Waals surface area contributed by atoms with Crippen LogP contribution in [-0.2, 0) is 20.7 Å². The molecule has 0 fully saturated rings. The molecule has 1 aromatic rings. The first-order valence-corrected chi connectivity index (χ1v) is 6.70. The summed E-state index contributed by atoms with van der Waals surface area (Å²) in [6, 6.07) is 4.18. The number of hydrogen-bond acceptors (Lipinski definition) is 6. The molecule has 0 saturated heterocycles. The average Bonchev–Trinajstić information content (AvgIpc) is 2.38. The van der Waals surface area contributed by atoms with Crippen LogP contribution in [0.4, 0.5) is 10.5 Å². The van der Waals surface area contributed by atoms with Crippen molar-refractivity contribution in [1.29, 1.82) is 0 Å². The van der Waals surface area contributed by atoms with Gasteiger partial charge in [-0.05, 0) is 44.5 Å². The van der Waals surface area contributed by atoms with E-state index in [1.54, 1.807) is 20.8 Å². The number of phenols is 1. The molecule has 122 valence electrons.